The Kier molecular flexibility index (Phi) is 8.69. The maximum Gasteiger partial charge on any atom is 0.304 e. The van der Waals surface area contributed by atoms with E-state index in [2.05, 4.69) is 17.5 Å². The van der Waals surface area contributed by atoms with Crippen molar-refractivity contribution in [3.05, 3.63) is 58.7 Å². The molecule has 174 valence electrons. The molecule has 1 N–H and O–H groups in total. The Bertz CT molecular complexity index is 901. The van der Waals surface area contributed by atoms with Crippen LogP contribution in [0.3, 0.4) is 0 Å². The molecule has 2 aliphatic rings. The number of hydrogen-bond acceptors (Lipinski definition) is 4. The molecule has 2 aliphatic heterocycles. The number of piperidine rings is 1. The van der Waals surface area contributed by atoms with Crippen molar-refractivity contribution in [3.8, 4) is 11.5 Å². The van der Waals surface area contributed by atoms with Crippen molar-refractivity contribution < 1.29 is 19.4 Å². The predicted molar refractivity (Wildman–Crippen MR) is 129 cm³/mol. The molecule has 1 aromatic rings. The summed E-state index contributed by atoms with van der Waals surface area (Å²) in [6.45, 7) is 9.31. The number of halogens is 2. The van der Waals surface area contributed by atoms with Gasteiger partial charge < -0.3 is 19.5 Å². The third-order valence-corrected chi connectivity index (χ3v) is 7.03. The number of aliphatic carboxylic acids is 1. The van der Waals surface area contributed by atoms with Crippen LogP contribution < -0.4 is 9.47 Å². The first-order valence-electron chi connectivity index (χ1n) is 11.0. The molecule has 1 fully saturated rings. The monoisotopic (exact) mass is 479 g/mol. The lowest BCUT2D eigenvalue weighted by Gasteiger charge is -2.38. The molecule has 1 aromatic carbocycles. The molecule has 32 heavy (non-hydrogen) atoms. The van der Waals surface area contributed by atoms with E-state index in [4.69, 9.17) is 37.8 Å². The molecular formula is C25H31Cl2NO4. The number of alkyl halides is 1. The molecule has 7 heteroatoms. The highest BCUT2D eigenvalue weighted by atomic mass is 35.5. The van der Waals surface area contributed by atoms with Crippen LogP contribution in [0.2, 0.25) is 0 Å². The van der Waals surface area contributed by atoms with Crippen molar-refractivity contribution in [2.24, 2.45) is 0 Å². The van der Waals surface area contributed by atoms with Crippen LogP contribution in [-0.4, -0.2) is 54.7 Å². The minimum absolute atomic E-state index is 0.00453. The number of carboxylic acids is 1. The zero-order valence-corrected chi connectivity index (χ0v) is 20.1. The van der Waals surface area contributed by atoms with Gasteiger partial charge in [0, 0.05) is 40.1 Å². The van der Waals surface area contributed by atoms with Crippen molar-refractivity contribution in [2.45, 2.75) is 38.0 Å². The molecule has 0 unspecified atom stereocenters. The van der Waals surface area contributed by atoms with E-state index < -0.39 is 5.97 Å². The fourth-order valence-corrected chi connectivity index (χ4v) is 4.56. The van der Waals surface area contributed by atoms with Crippen LogP contribution in [0.25, 0.3) is 0 Å². The molecule has 0 radical (unpaired) electrons. The van der Waals surface area contributed by atoms with Gasteiger partial charge in [-0.3, -0.25) is 4.79 Å². The smallest absolute Gasteiger partial charge is 0.304 e. The molecular weight excluding hydrogens is 449 g/mol. The van der Waals surface area contributed by atoms with Crippen LogP contribution in [0.5, 0.6) is 11.5 Å². The SMILES string of the molecule is C=C(/C=C\C(Cl)=C(/CCl)COc1ccc2c(c1)OCC21CCN(CCC(=O)O)CC1)CC. The molecule has 5 nitrogen and oxygen atoms in total. The molecule has 3 rings (SSSR count). The van der Waals surface area contributed by atoms with E-state index in [9.17, 15) is 4.79 Å². The lowest BCUT2D eigenvalue weighted by atomic mass is 9.74. The van der Waals surface area contributed by atoms with Gasteiger partial charge in [-0.05, 0) is 44.5 Å². The number of rotatable bonds is 10. The first-order chi connectivity index (χ1) is 15.4. The maximum absolute atomic E-state index is 10.8. The Morgan fingerprint density at radius 3 is 2.75 bits per heavy atom. The van der Waals surface area contributed by atoms with Gasteiger partial charge in [0.1, 0.15) is 18.1 Å². The molecule has 0 amide bonds. The molecule has 1 spiro atoms. The van der Waals surface area contributed by atoms with E-state index in [-0.39, 0.29) is 17.7 Å². The van der Waals surface area contributed by atoms with Gasteiger partial charge >= 0.3 is 5.97 Å². The number of ether oxygens (including phenoxy) is 2. The van der Waals surface area contributed by atoms with Crippen molar-refractivity contribution >= 4 is 29.2 Å². The number of fused-ring (bicyclic) bond motifs is 2. The first-order valence-corrected chi connectivity index (χ1v) is 11.9. The fraction of sp³-hybridized carbons (Fsp3) is 0.480. The van der Waals surface area contributed by atoms with Gasteiger partial charge in [-0.2, -0.15) is 0 Å². The third-order valence-electron chi connectivity index (χ3n) is 6.32. The second kappa shape index (κ2) is 11.3. The largest absolute Gasteiger partial charge is 0.492 e. The Labute approximate surface area is 200 Å². The average molecular weight is 480 g/mol. The fourth-order valence-electron chi connectivity index (χ4n) is 4.08. The van der Waals surface area contributed by atoms with Gasteiger partial charge in [-0.25, -0.2) is 0 Å². The summed E-state index contributed by atoms with van der Waals surface area (Å²) in [7, 11) is 0. The Morgan fingerprint density at radius 1 is 1.34 bits per heavy atom. The molecule has 2 heterocycles. The summed E-state index contributed by atoms with van der Waals surface area (Å²) in [5.41, 5.74) is 3.02. The van der Waals surface area contributed by atoms with Crippen LogP contribution in [0.15, 0.2) is 53.1 Å². The lowest BCUT2D eigenvalue weighted by molar-refractivity contribution is -0.137. The van der Waals surface area contributed by atoms with E-state index >= 15 is 0 Å². The van der Waals surface area contributed by atoms with Crippen molar-refractivity contribution in [2.75, 3.05) is 38.7 Å². The van der Waals surface area contributed by atoms with E-state index in [1.807, 2.05) is 31.2 Å². The van der Waals surface area contributed by atoms with Crippen LogP contribution in [0.4, 0.5) is 0 Å². The summed E-state index contributed by atoms with van der Waals surface area (Å²) >= 11 is 12.5. The third kappa shape index (κ3) is 6.09. The van der Waals surface area contributed by atoms with Crippen LogP contribution in [0, 0.1) is 0 Å². The van der Waals surface area contributed by atoms with E-state index in [0.717, 1.165) is 49.2 Å². The van der Waals surface area contributed by atoms with Crippen LogP contribution in [0.1, 0.15) is 38.2 Å². The van der Waals surface area contributed by atoms with E-state index in [1.54, 1.807) is 0 Å². The maximum atomic E-state index is 10.8. The van der Waals surface area contributed by atoms with Gasteiger partial charge in [-0.1, -0.05) is 42.8 Å². The normalized spacial score (nSPS) is 18.3. The number of benzene rings is 1. The summed E-state index contributed by atoms with van der Waals surface area (Å²) in [4.78, 5) is 13.1. The van der Waals surface area contributed by atoms with Crippen molar-refractivity contribution in [3.63, 3.8) is 0 Å². The van der Waals surface area contributed by atoms with E-state index in [1.165, 1.54) is 5.56 Å². The van der Waals surface area contributed by atoms with Gasteiger partial charge in [0.2, 0.25) is 0 Å². The molecule has 0 saturated carbocycles. The van der Waals surface area contributed by atoms with Gasteiger partial charge in [-0.15, -0.1) is 11.6 Å². The lowest BCUT2D eigenvalue weighted by Crippen LogP contribution is -2.44. The highest BCUT2D eigenvalue weighted by Crippen LogP contribution is 2.46. The Balaban J connectivity index is 1.62. The minimum atomic E-state index is -0.747. The number of nitrogens with zero attached hydrogens (tertiary/aromatic N) is 1. The highest BCUT2D eigenvalue weighted by molar-refractivity contribution is 6.32. The molecule has 0 bridgehead atoms. The number of allylic oxidation sites excluding steroid dienone is 4. The second-order valence-electron chi connectivity index (χ2n) is 8.43. The van der Waals surface area contributed by atoms with Crippen molar-refractivity contribution in [1.82, 2.24) is 4.90 Å². The highest BCUT2D eigenvalue weighted by Gasteiger charge is 2.43. The van der Waals surface area contributed by atoms with Crippen LogP contribution >= 0.6 is 23.2 Å². The van der Waals surface area contributed by atoms with Crippen LogP contribution in [-0.2, 0) is 10.2 Å². The summed E-state index contributed by atoms with van der Waals surface area (Å²) in [5.74, 6) is 1.12. The Hall–Kier alpha value is -1.95. The molecule has 0 aromatic heterocycles. The number of carboxylic acid groups (broad SMARTS) is 1. The summed E-state index contributed by atoms with van der Waals surface area (Å²) in [5, 5.41) is 9.48. The predicted octanol–water partition coefficient (Wildman–Crippen LogP) is 5.52. The number of hydrogen-bond donors (Lipinski definition) is 1. The number of likely N-dealkylation sites (tertiary alicyclic amines) is 1. The second-order valence-corrected chi connectivity index (χ2v) is 9.11. The summed E-state index contributed by atoms with van der Waals surface area (Å²) < 4.78 is 12.0. The number of carbonyl (C=O) groups is 1. The van der Waals surface area contributed by atoms with E-state index in [0.29, 0.717) is 30.5 Å². The summed E-state index contributed by atoms with van der Waals surface area (Å²) in [6, 6.07) is 6.01. The molecule has 1 saturated heterocycles. The zero-order valence-electron chi connectivity index (χ0n) is 18.5. The first kappa shape index (κ1) is 24.7. The van der Waals surface area contributed by atoms with Gasteiger partial charge in [0.05, 0.1) is 13.0 Å². The molecule has 0 aliphatic carbocycles. The molecule has 0 atom stereocenters. The van der Waals surface area contributed by atoms with Crippen molar-refractivity contribution in [1.29, 1.82) is 0 Å². The summed E-state index contributed by atoms with van der Waals surface area (Å²) in [6.07, 6.45) is 6.68. The quantitative estimate of drug-likeness (QED) is 0.353. The topological polar surface area (TPSA) is 59.0 Å². The minimum Gasteiger partial charge on any atom is -0.492 e. The van der Waals surface area contributed by atoms with Gasteiger partial charge in [0.15, 0.2) is 0 Å². The Morgan fingerprint density at radius 2 is 2.09 bits per heavy atom. The standard InChI is InChI=1S/C25H31Cl2NO4/c1-3-18(2)4-7-22(27)19(15-26)16-31-20-5-6-21-23(14-20)32-17-25(21)9-12-28(13-10-25)11-8-24(29)30/h4-7,14H,2-3,8-13,15-17H2,1H3,(H,29,30)/b7-4-,22-19-. The average Bonchev–Trinajstić information content (AvgIpc) is 3.14. The zero-order chi connectivity index (χ0) is 23.1. The van der Waals surface area contributed by atoms with Gasteiger partial charge in [0.25, 0.3) is 0 Å².